The summed E-state index contributed by atoms with van der Waals surface area (Å²) in [6, 6.07) is 6.35. The van der Waals surface area contributed by atoms with E-state index in [1.54, 1.807) is 12.1 Å². The minimum atomic E-state index is -3.22. The van der Waals surface area contributed by atoms with E-state index < -0.39 is 9.84 Å². The summed E-state index contributed by atoms with van der Waals surface area (Å²) < 4.78 is 27.6. The Hall–Kier alpha value is -1.03. The van der Waals surface area contributed by atoms with Crippen LogP contribution >= 0.6 is 0 Å². The summed E-state index contributed by atoms with van der Waals surface area (Å²) in [5.74, 6) is 0.398. The molecule has 13 heavy (non-hydrogen) atoms. The summed E-state index contributed by atoms with van der Waals surface area (Å²) >= 11 is 0. The quantitative estimate of drug-likeness (QED) is 0.737. The van der Waals surface area contributed by atoms with Gasteiger partial charge < -0.3 is 4.74 Å². The van der Waals surface area contributed by atoms with Crippen molar-refractivity contribution in [3.05, 3.63) is 31.2 Å². The molecule has 1 aromatic rings. The highest BCUT2D eigenvalue weighted by molar-refractivity contribution is 7.91. The zero-order valence-corrected chi connectivity index (χ0v) is 8.17. The molecule has 0 unspecified atom stereocenters. The van der Waals surface area contributed by atoms with Gasteiger partial charge in [-0.1, -0.05) is 6.07 Å². The van der Waals surface area contributed by atoms with Crippen molar-refractivity contribution in [2.75, 3.05) is 12.9 Å². The van der Waals surface area contributed by atoms with E-state index in [1.165, 1.54) is 19.2 Å². The lowest BCUT2D eigenvalue weighted by Crippen LogP contribution is -2.03. The molecule has 0 atom stereocenters. The van der Waals surface area contributed by atoms with E-state index in [0.29, 0.717) is 5.75 Å². The van der Waals surface area contributed by atoms with Crippen LogP contribution < -0.4 is 4.74 Å². The molecular formula is C9H11O3S. The molecule has 71 valence electrons. The first-order valence-corrected chi connectivity index (χ1v) is 5.41. The van der Waals surface area contributed by atoms with Crippen LogP contribution in [0.5, 0.6) is 5.75 Å². The second-order valence-corrected chi connectivity index (χ2v) is 4.61. The van der Waals surface area contributed by atoms with Gasteiger partial charge in [-0.15, -0.1) is 0 Å². The summed E-state index contributed by atoms with van der Waals surface area (Å²) in [5, 5.41) is 0. The van der Waals surface area contributed by atoms with Crippen molar-refractivity contribution >= 4 is 9.84 Å². The van der Waals surface area contributed by atoms with Crippen LogP contribution in [0.1, 0.15) is 0 Å². The topological polar surface area (TPSA) is 43.4 Å². The molecule has 1 rings (SSSR count). The molecule has 0 aromatic heterocycles. The average molecular weight is 199 g/mol. The van der Waals surface area contributed by atoms with Gasteiger partial charge in [0.25, 0.3) is 0 Å². The standard InChI is InChI=1S/C9H11O3S/c1-3-13(10,11)9-6-4-5-8(7-9)12-2/h4-7H,1,3H2,2H3. The van der Waals surface area contributed by atoms with Gasteiger partial charge in [0.2, 0.25) is 0 Å². The number of sulfone groups is 1. The first kappa shape index (κ1) is 10.1. The summed E-state index contributed by atoms with van der Waals surface area (Å²) in [4.78, 5) is 0.252. The molecule has 0 saturated heterocycles. The maximum absolute atomic E-state index is 11.4. The van der Waals surface area contributed by atoms with Gasteiger partial charge in [0, 0.05) is 0 Å². The number of rotatable bonds is 3. The van der Waals surface area contributed by atoms with Gasteiger partial charge in [-0.2, -0.15) is 0 Å². The van der Waals surface area contributed by atoms with Crippen molar-refractivity contribution < 1.29 is 13.2 Å². The van der Waals surface area contributed by atoms with Crippen LogP contribution in [0.3, 0.4) is 0 Å². The van der Waals surface area contributed by atoms with E-state index in [0.717, 1.165) is 0 Å². The second-order valence-electron chi connectivity index (χ2n) is 2.50. The lowest BCUT2D eigenvalue weighted by molar-refractivity contribution is 0.413. The summed E-state index contributed by atoms with van der Waals surface area (Å²) in [5.41, 5.74) is 0. The van der Waals surface area contributed by atoms with Crippen molar-refractivity contribution in [3.8, 4) is 5.75 Å². The Bertz CT molecular complexity index is 382. The van der Waals surface area contributed by atoms with Crippen LogP contribution in [0.15, 0.2) is 29.2 Å². The van der Waals surface area contributed by atoms with Crippen LogP contribution in [0, 0.1) is 6.92 Å². The Morgan fingerprint density at radius 3 is 2.69 bits per heavy atom. The second kappa shape index (κ2) is 3.79. The molecule has 1 radical (unpaired) electrons. The molecule has 0 aliphatic carbocycles. The Kier molecular flexibility index (Phi) is 2.93. The van der Waals surface area contributed by atoms with Crippen LogP contribution in [-0.4, -0.2) is 21.3 Å². The predicted octanol–water partition coefficient (Wildman–Crippen LogP) is 1.30. The van der Waals surface area contributed by atoms with Crippen LogP contribution in [0.4, 0.5) is 0 Å². The van der Waals surface area contributed by atoms with Gasteiger partial charge in [-0.3, -0.25) is 0 Å². The van der Waals surface area contributed by atoms with Gasteiger partial charge in [0.15, 0.2) is 9.84 Å². The molecule has 3 nitrogen and oxygen atoms in total. The Balaban J connectivity index is 3.17. The zero-order chi connectivity index (χ0) is 9.90. The molecule has 0 amide bonds. The smallest absolute Gasteiger partial charge is 0.178 e. The predicted molar refractivity (Wildman–Crippen MR) is 50.4 cm³/mol. The Labute approximate surface area is 78.3 Å². The third kappa shape index (κ3) is 2.21. The molecule has 0 N–H and O–H groups in total. The van der Waals surface area contributed by atoms with E-state index >= 15 is 0 Å². The van der Waals surface area contributed by atoms with Gasteiger partial charge >= 0.3 is 0 Å². The average Bonchev–Trinajstić information content (AvgIpc) is 2.18. The van der Waals surface area contributed by atoms with Crippen molar-refractivity contribution in [3.63, 3.8) is 0 Å². The number of benzene rings is 1. The fourth-order valence-corrected chi connectivity index (χ4v) is 1.73. The molecule has 0 heterocycles. The Morgan fingerprint density at radius 2 is 2.15 bits per heavy atom. The van der Waals surface area contributed by atoms with Crippen molar-refractivity contribution in [2.45, 2.75) is 4.90 Å². The third-order valence-corrected chi connectivity index (χ3v) is 3.18. The monoisotopic (exact) mass is 199 g/mol. The number of methoxy groups -OCH3 is 1. The summed E-state index contributed by atoms with van der Waals surface area (Å²) in [6.45, 7) is 3.36. The molecule has 1 aromatic carbocycles. The molecule has 0 bridgehead atoms. The highest BCUT2D eigenvalue weighted by Crippen LogP contribution is 2.17. The number of ether oxygens (including phenoxy) is 1. The van der Waals surface area contributed by atoms with E-state index in [-0.39, 0.29) is 10.6 Å². The van der Waals surface area contributed by atoms with E-state index in [9.17, 15) is 8.42 Å². The largest absolute Gasteiger partial charge is 0.497 e. The number of hydrogen-bond acceptors (Lipinski definition) is 3. The first-order valence-electron chi connectivity index (χ1n) is 3.76. The van der Waals surface area contributed by atoms with Crippen LogP contribution in [0.2, 0.25) is 0 Å². The molecule has 0 fully saturated rings. The van der Waals surface area contributed by atoms with Gasteiger partial charge in [-0.05, 0) is 25.1 Å². The van der Waals surface area contributed by atoms with Gasteiger partial charge in [-0.25, -0.2) is 8.42 Å². The lowest BCUT2D eigenvalue weighted by Gasteiger charge is -2.03. The van der Waals surface area contributed by atoms with Crippen molar-refractivity contribution in [1.29, 1.82) is 0 Å². The number of hydrogen-bond donors (Lipinski definition) is 0. The first-order chi connectivity index (χ1) is 6.10. The molecule has 0 aliphatic heterocycles. The van der Waals surface area contributed by atoms with E-state index in [1.807, 2.05) is 0 Å². The lowest BCUT2D eigenvalue weighted by atomic mass is 10.3. The minimum Gasteiger partial charge on any atom is -0.497 e. The highest BCUT2D eigenvalue weighted by atomic mass is 32.2. The maximum Gasteiger partial charge on any atom is 0.178 e. The SMILES string of the molecule is [CH2]CS(=O)(=O)c1cccc(OC)c1. The molecule has 0 spiro atoms. The summed E-state index contributed by atoms with van der Waals surface area (Å²) in [6.07, 6.45) is 0. The normalized spacial score (nSPS) is 11.2. The maximum atomic E-state index is 11.4. The van der Waals surface area contributed by atoms with Crippen molar-refractivity contribution in [1.82, 2.24) is 0 Å². The van der Waals surface area contributed by atoms with Crippen LogP contribution in [-0.2, 0) is 9.84 Å². The Morgan fingerprint density at radius 1 is 1.46 bits per heavy atom. The van der Waals surface area contributed by atoms with Gasteiger partial charge in [0.1, 0.15) is 5.75 Å². The third-order valence-electron chi connectivity index (χ3n) is 1.67. The van der Waals surface area contributed by atoms with E-state index in [4.69, 9.17) is 4.74 Å². The zero-order valence-electron chi connectivity index (χ0n) is 7.36. The minimum absolute atomic E-state index is 0.139. The fraction of sp³-hybridized carbons (Fsp3) is 0.222. The van der Waals surface area contributed by atoms with Crippen LogP contribution in [0.25, 0.3) is 0 Å². The fourth-order valence-electron chi connectivity index (χ4n) is 0.912. The molecule has 0 aliphatic rings. The molecule has 4 heteroatoms. The van der Waals surface area contributed by atoms with Crippen molar-refractivity contribution in [2.24, 2.45) is 0 Å². The van der Waals surface area contributed by atoms with E-state index in [2.05, 4.69) is 6.92 Å². The molecular weight excluding hydrogens is 188 g/mol. The molecule has 0 saturated carbocycles. The summed E-state index contributed by atoms with van der Waals surface area (Å²) in [7, 11) is -1.73. The highest BCUT2D eigenvalue weighted by Gasteiger charge is 2.11. The van der Waals surface area contributed by atoms with Gasteiger partial charge in [0.05, 0.1) is 17.8 Å².